The molecule has 7 unspecified atom stereocenters. The van der Waals surface area contributed by atoms with Crippen molar-refractivity contribution in [3.8, 4) is 0 Å². The summed E-state index contributed by atoms with van der Waals surface area (Å²) in [4.78, 5) is 13.0. The number of unbranched alkanes of at least 4 members (excludes halogenated alkanes) is 27. The van der Waals surface area contributed by atoms with Crippen LogP contribution in [0, 0.1) is 0 Å². The van der Waals surface area contributed by atoms with Crippen molar-refractivity contribution in [3.63, 3.8) is 0 Å². The van der Waals surface area contributed by atoms with Crippen molar-refractivity contribution < 1.29 is 51.8 Å². The average molecular weight is 836 g/mol. The zero-order valence-electron chi connectivity index (χ0n) is 35.9. The fourth-order valence-electron chi connectivity index (χ4n) is 7.45. The van der Waals surface area contributed by atoms with E-state index in [2.05, 4.69) is 23.3 Å². The Labute approximate surface area is 347 Å². The summed E-state index contributed by atoms with van der Waals surface area (Å²) in [6, 6.07) is -0.936. The van der Waals surface area contributed by atoms with Gasteiger partial charge in [-0.3, -0.25) is 9.35 Å². The van der Waals surface area contributed by atoms with Crippen molar-refractivity contribution in [3.05, 3.63) is 12.2 Å². The molecular weight excluding hydrogens is 751 g/mol. The van der Waals surface area contributed by atoms with Crippen LogP contribution in [0.3, 0.4) is 0 Å². The van der Waals surface area contributed by atoms with Gasteiger partial charge in [-0.1, -0.05) is 193 Å². The SMILES string of the molecule is CCCCCCCCCC/C=C/C(O)C(COC1OC(CO)C(O)C(OS(=O)(=O)O)C1O)NC(=O)CCCCCCCCCCCCCCCCCCCCCC. The fourth-order valence-corrected chi connectivity index (χ4v) is 7.96. The predicted molar refractivity (Wildman–Crippen MR) is 227 cm³/mol. The van der Waals surface area contributed by atoms with Gasteiger partial charge < -0.3 is 35.2 Å². The Morgan fingerprint density at radius 3 is 1.53 bits per heavy atom. The summed E-state index contributed by atoms with van der Waals surface area (Å²) in [5, 5.41) is 44.6. The van der Waals surface area contributed by atoms with E-state index in [-0.39, 0.29) is 18.9 Å². The second-order valence-electron chi connectivity index (χ2n) is 16.4. The highest BCUT2D eigenvalue weighted by Crippen LogP contribution is 2.26. The van der Waals surface area contributed by atoms with E-state index in [1.54, 1.807) is 6.08 Å². The number of rotatable bonds is 39. The first-order chi connectivity index (χ1) is 27.5. The van der Waals surface area contributed by atoms with E-state index < -0.39 is 59.9 Å². The van der Waals surface area contributed by atoms with Gasteiger partial charge in [-0.25, -0.2) is 4.18 Å². The molecule has 13 heteroatoms. The Balaban J connectivity index is 2.44. The molecule has 1 rings (SSSR count). The third kappa shape index (κ3) is 28.9. The molecule has 1 heterocycles. The third-order valence-electron chi connectivity index (χ3n) is 11.1. The molecule has 0 radical (unpaired) electrons. The first-order valence-corrected chi connectivity index (χ1v) is 24.4. The zero-order chi connectivity index (χ0) is 42.0. The maximum absolute atomic E-state index is 13.0. The minimum absolute atomic E-state index is 0.261. The van der Waals surface area contributed by atoms with Crippen LogP contribution in [-0.2, 0) is 28.9 Å². The van der Waals surface area contributed by atoms with Crippen LogP contribution in [0.2, 0.25) is 0 Å². The van der Waals surface area contributed by atoms with Crippen LogP contribution in [0.4, 0.5) is 0 Å². The molecule has 12 nitrogen and oxygen atoms in total. The number of amides is 1. The largest absolute Gasteiger partial charge is 0.397 e. The fraction of sp³-hybridized carbons (Fsp3) is 0.932. The Bertz CT molecular complexity index is 1080. The minimum Gasteiger partial charge on any atom is -0.394 e. The van der Waals surface area contributed by atoms with Gasteiger partial charge >= 0.3 is 10.4 Å². The minimum atomic E-state index is -5.08. The lowest BCUT2D eigenvalue weighted by molar-refractivity contribution is -0.298. The normalized spacial score (nSPS) is 21.3. The lowest BCUT2D eigenvalue weighted by Gasteiger charge is -2.41. The second-order valence-corrected chi connectivity index (χ2v) is 17.4. The van der Waals surface area contributed by atoms with Crippen molar-refractivity contribution in [2.24, 2.45) is 0 Å². The Morgan fingerprint density at radius 2 is 1.11 bits per heavy atom. The number of allylic oxidation sites excluding steroid dienone is 1. The van der Waals surface area contributed by atoms with Gasteiger partial charge in [0.25, 0.3) is 0 Å². The highest BCUT2D eigenvalue weighted by Gasteiger charge is 2.48. The Hall–Kier alpha value is -1.16. The van der Waals surface area contributed by atoms with Crippen molar-refractivity contribution >= 4 is 16.3 Å². The van der Waals surface area contributed by atoms with Crippen molar-refractivity contribution in [2.45, 2.75) is 249 Å². The molecule has 1 aliphatic heterocycles. The molecule has 1 amide bonds. The molecule has 7 atom stereocenters. The number of carbonyl (C=O) groups is 1. The summed E-state index contributed by atoms with van der Waals surface area (Å²) in [5.74, 6) is -0.261. The standard InChI is InChI=1S/C44H85NO11S/c1-3-5-7-9-11-13-15-16-17-18-19-20-21-22-23-24-26-28-30-32-34-40(48)45-37(38(47)33-31-29-27-25-14-12-10-8-6-4-2)36-54-44-42(50)43(56-57(51,52)53)41(49)39(35-46)55-44/h31,33,37-39,41-44,46-47,49-50H,3-30,32,34-36H2,1-2H3,(H,45,48)(H,51,52,53)/b33-31+. The number of carbonyl (C=O) groups excluding carboxylic acids is 1. The number of aliphatic hydroxyl groups is 4. The first kappa shape index (κ1) is 53.9. The third-order valence-corrected chi connectivity index (χ3v) is 11.5. The number of ether oxygens (including phenoxy) is 2. The van der Waals surface area contributed by atoms with Gasteiger partial charge in [-0.15, -0.1) is 0 Å². The summed E-state index contributed by atoms with van der Waals surface area (Å²) in [5.41, 5.74) is 0. The van der Waals surface area contributed by atoms with Crippen LogP contribution >= 0.6 is 0 Å². The molecule has 0 aromatic rings. The molecule has 1 aliphatic rings. The molecule has 338 valence electrons. The van der Waals surface area contributed by atoms with Gasteiger partial charge in [0, 0.05) is 6.42 Å². The molecule has 0 saturated carbocycles. The lowest BCUT2D eigenvalue weighted by atomic mass is 9.99. The first-order valence-electron chi connectivity index (χ1n) is 23.1. The van der Waals surface area contributed by atoms with E-state index in [1.807, 2.05) is 6.08 Å². The van der Waals surface area contributed by atoms with Crippen LogP contribution < -0.4 is 5.32 Å². The van der Waals surface area contributed by atoms with Gasteiger partial charge in [-0.05, 0) is 19.3 Å². The maximum atomic E-state index is 13.0. The molecular formula is C44H85NO11S. The van der Waals surface area contributed by atoms with Crippen LogP contribution in [-0.4, -0.2) is 95.4 Å². The molecule has 57 heavy (non-hydrogen) atoms. The van der Waals surface area contributed by atoms with E-state index in [0.717, 1.165) is 38.5 Å². The van der Waals surface area contributed by atoms with Gasteiger partial charge in [0.2, 0.25) is 5.91 Å². The summed E-state index contributed by atoms with van der Waals surface area (Å²) in [6.07, 6.45) is 29.8. The summed E-state index contributed by atoms with van der Waals surface area (Å²) >= 11 is 0. The predicted octanol–water partition coefficient (Wildman–Crippen LogP) is 8.77. The van der Waals surface area contributed by atoms with Gasteiger partial charge in [0.15, 0.2) is 6.29 Å². The highest BCUT2D eigenvalue weighted by molar-refractivity contribution is 7.80. The highest BCUT2D eigenvalue weighted by atomic mass is 32.3. The van der Waals surface area contributed by atoms with E-state index in [9.17, 15) is 33.6 Å². The van der Waals surface area contributed by atoms with Crippen molar-refractivity contribution in [2.75, 3.05) is 13.2 Å². The van der Waals surface area contributed by atoms with E-state index in [0.29, 0.717) is 6.42 Å². The summed E-state index contributed by atoms with van der Waals surface area (Å²) in [7, 11) is -5.08. The number of hydrogen-bond donors (Lipinski definition) is 6. The molecule has 6 N–H and O–H groups in total. The second kappa shape index (κ2) is 35.6. The molecule has 0 bridgehead atoms. The molecule has 0 aromatic heterocycles. The topological polar surface area (TPSA) is 192 Å². The molecule has 1 fully saturated rings. The Morgan fingerprint density at radius 1 is 0.684 bits per heavy atom. The summed E-state index contributed by atoms with van der Waals surface area (Å²) in [6.45, 7) is 3.37. The van der Waals surface area contributed by atoms with Gasteiger partial charge in [0.1, 0.15) is 24.4 Å². The Kier molecular flexibility index (Phi) is 33.6. The van der Waals surface area contributed by atoms with Gasteiger partial charge in [0.05, 0.1) is 25.4 Å². The number of aliphatic hydroxyl groups excluding tert-OH is 4. The van der Waals surface area contributed by atoms with Crippen LogP contribution in [0.25, 0.3) is 0 Å². The summed E-state index contributed by atoms with van der Waals surface area (Å²) < 4.78 is 47.5. The number of hydrogen-bond acceptors (Lipinski definition) is 10. The smallest absolute Gasteiger partial charge is 0.394 e. The van der Waals surface area contributed by atoms with E-state index >= 15 is 0 Å². The molecule has 0 spiro atoms. The van der Waals surface area contributed by atoms with Crippen LogP contribution in [0.1, 0.15) is 206 Å². The molecule has 0 aliphatic carbocycles. The monoisotopic (exact) mass is 836 g/mol. The molecule has 0 aromatic carbocycles. The van der Waals surface area contributed by atoms with E-state index in [1.165, 1.54) is 141 Å². The average Bonchev–Trinajstić information content (AvgIpc) is 3.18. The molecule has 1 saturated heterocycles. The van der Waals surface area contributed by atoms with E-state index in [4.69, 9.17) is 14.0 Å². The number of nitrogens with one attached hydrogen (secondary N) is 1. The van der Waals surface area contributed by atoms with Crippen LogP contribution in [0.5, 0.6) is 0 Å². The van der Waals surface area contributed by atoms with Gasteiger partial charge in [-0.2, -0.15) is 8.42 Å². The van der Waals surface area contributed by atoms with Crippen molar-refractivity contribution in [1.82, 2.24) is 5.32 Å². The lowest BCUT2D eigenvalue weighted by Crippen LogP contribution is -2.61. The van der Waals surface area contributed by atoms with Crippen LogP contribution in [0.15, 0.2) is 12.2 Å². The zero-order valence-corrected chi connectivity index (χ0v) is 36.7. The van der Waals surface area contributed by atoms with Crippen molar-refractivity contribution in [1.29, 1.82) is 0 Å². The maximum Gasteiger partial charge on any atom is 0.397 e. The quantitative estimate of drug-likeness (QED) is 0.0197.